The monoisotopic (exact) mass is 251 g/mol. The van der Waals surface area contributed by atoms with Gasteiger partial charge in [-0.05, 0) is 0 Å². The highest BCUT2D eigenvalue weighted by atomic mass is 16.5. The molecule has 1 rings (SSSR count). The molecule has 1 heterocycles. The van der Waals surface area contributed by atoms with Crippen molar-refractivity contribution in [3.8, 4) is 0 Å². The molecule has 0 radical (unpaired) electrons. The lowest BCUT2D eigenvalue weighted by Gasteiger charge is -2.10. The van der Waals surface area contributed by atoms with E-state index in [0.717, 1.165) is 0 Å². The Labute approximate surface area is 108 Å². The van der Waals surface area contributed by atoms with Gasteiger partial charge in [-0.25, -0.2) is 0 Å². The fourth-order valence-corrected chi connectivity index (χ4v) is 1.18. The molecule has 6 nitrogen and oxygen atoms in total. The Kier molecular flexibility index (Phi) is 4.88. The van der Waals surface area contributed by atoms with Crippen molar-refractivity contribution in [1.29, 1.82) is 0 Å². The number of hydrogen-bond acceptors (Lipinski definition) is 4. The summed E-state index contributed by atoms with van der Waals surface area (Å²) >= 11 is 0. The molecule has 6 heteroatoms. The van der Waals surface area contributed by atoms with Gasteiger partial charge in [0.25, 0.3) is 0 Å². The molecule has 0 bridgehead atoms. The summed E-state index contributed by atoms with van der Waals surface area (Å²) in [7, 11) is 1.70. The molecule has 0 aliphatic carbocycles. The van der Waals surface area contributed by atoms with E-state index in [1.54, 1.807) is 13.1 Å². The first kappa shape index (κ1) is 14.2. The first-order chi connectivity index (χ1) is 8.47. The smallest absolute Gasteiger partial charge is 0.232 e. The van der Waals surface area contributed by atoms with Gasteiger partial charge < -0.3 is 15.2 Å². The third-order valence-electron chi connectivity index (χ3n) is 2.16. The third-order valence-corrected chi connectivity index (χ3v) is 2.16. The lowest BCUT2D eigenvalue weighted by Crippen LogP contribution is -2.37. The lowest BCUT2D eigenvalue weighted by molar-refractivity contribution is 0.318. The van der Waals surface area contributed by atoms with Crippen molar-refractivity contribution in [1.82, 2.24) is 20.8 Å². The van der Waals surface area contributed by atoms with Crippen molar-refractivity contribution < 1.29 is 4.52 Å². The lowest BCUT2D eigenvalue weighted by atomic mass is 9.97. The summed E-state index contributed by atoms with van der Waals surface area (Å²) in [4.78, 5) is 8.38. The predicted molar refractivity (Wildman–Crippen MR) is 71.4 cm³/mol. The van der Waals surface area contributed by atoms with Crippen molar-refractivity contribution >= 4 is 5.96 Å². The standard InChI is InChI=1S/C12H21N5O/c1-6-7-14-11(13-5)15-8-9-16-10(18-17-9)12(2,3)4/h6H,1,7-8H2,2-5H3,(H2,13,14,15). The highest BCUT2D eigenvalue weighted by molar-refractivity contribution is 5.79. The van der Waals surface area contributed by atoms with E-state index in [-0.39, 0.29) is 5.41 Å². The summed E-state index contributed by atoms with van der Waals surface area (Å²) in [5.41, 5.74) is -0.131. The number of nitrogens with one attached hydrogen (secondary N) is 2. The minimum Gasteiger partial charge on any atom is -0.353 e. The number of nitrogens with zero attached hydrogens (tertiary/aromatic N) is 3. The van der Waals surface area contributed by atoms with Gasteiger partial charge in [-0.1, -0.05) is 32.0 Å². The first-order valence-electron chi connectivity index (χ1n) is 5.86. The van der Waals surface area contributed by atoms with Gasteiger partial charge in [0.2, 0.25) is 5.89 Å². The minimum atomic E-state index is -0.131. The van der Waals surface area contributed by atoms with Gasteiger partial charge >= 0.3 is 0 Å². The SMILES string of the molecule is C=CCNC(=NC)NCc1noc(C(C)(C)C)n1. The Balaban J connectivity index is 2.53. The van der Waals surface area contributed by atoms with Crippen molar-refractivity contribution in [2.75, 3.05) is 13.6 Å². The van der Waals surface area contributed by atoms with Crippen LogP contribution in [-0.4, -0.2) is 29.7 Å². The van der Waals surface area contributed by atoms with E-state index < -0.39 is 0 Å². The number of aromatic nitrogens is 2. The van der Waals surface area contributed by atoms with Crippen LogP contribution in [0, 0.1) is 0 Å². The van der Waals surface area contributed by atoms with Gasteiger partial charge in [-0.2, -0.15) is 4.98 Å². The number of guanidine groups is 1. The number of hydrogen-bond donors (Lipinski definition) is 2. The maximum absolute atomic E-state index is 5.20. The van der Waals surface area contributed by atoms with Gasteiger partial charge in [-0.3, -0.25) is 4.99 Å². The summed E-state index contributed by atoms with van der Waals surface area (Å²) in [6.07, 6.45) is 1.76. The highest BCUT2D eigenvalue weighted by Gasteiger charge is 2.21. The Bertz CT molecular complexity index is 416. The second-order valence-electron chi connectivity index (χ2n) is 4.86. The molecule has 0 fully saturated rings. The second kappa shape index (κ2) is 6.18. The molecule has 1 aromatic heterocycles. The van der Waals surface area contributed by atoms with Gasteiger partial charge in [0.05, 0.1) is 6.54 Å². The molecule has 0 aliphatic rings. The molecule has 1 aromatic rings. The molecule has 100 valence electrons. The zero-order valence-electron chi connectivity index (χ0n) is 11.4. The summed E-state index contributed by atoms with van der Waals surface area (Å²) < 4.78 is 5.20. The second-order valence-corrected chi connectivity index (χ2v) is 4.86. The molecule has 0 saturated heterocycles. The molecule has 0 spiro atoms. The Morgan fingerprint density at radius 2 is 2.17 bits per heavy atom. The van der Waals surface area contributed by atoms with Crippen LogP contribution < -0.4 is 10.6 Å². The molecule has 0 saturated carbocycles. The molecule has 0 atom stereocenters. The van der Waals surface area contributed by atoms with E-state index in [1.807, 2.05) is 20.8 Å². The Morgan fingerprint density at radius 1 is 1.44 bits per heavy atom. The van der Waals surface area contributed by atoms with Crippen molar-refractivity contribution in [2.45, 2.75) is 32.7 Å². The van der Waals surface area contributed by atoms with E-state index in [1.165, 1.54) is 0 Å². The molecule has 2 N–H and O–H groups in total. The van der Waals surface area contributed by atoms with Gasteiger partial charge in [0.1, 0.15) is 0 Å². The van der Waals surface area contributed by atoms with Crippen LogP contribution in [0.15, 0.2) is 22.2 Å². The van der Waals surface area contributed by atoms with Gasteiger partial charge in [0.15, 0.2) is 11.8 Å². The maximum atomic E-state index is 5.20. The molecular weight excluding hydrogens is 230 g/mol. The molecule has 0 unspecified atom stereocenters. The van der Waals surface area contributed by atoms with Gasteiger partial charge in [0, 0.05) is 19.0 Å². The minimum absolute atomic E-state index is 0.131. The van der Waals surface area contributed by atoms with E-state index >= 15 is 0 Å². The van der Waals surface area contributed by atoms with Crippen LogP contribution in [0.2, 0.25) is 0 Å². The highest BCUT2D eigenvalue weighted by Crippen LogP contribution is 2.19. The van der Waals surface area contributed by atoms with Crippen molar-refractivity contribution in [3.05, 3.63) is 24.4 Å². The summed E-state index contributed by atoms with van der Waals surface area (Å²) in [5.74, 6) is 1.92. The average Bonchev–Trinajstić information content (AvgIpc) is 2.78. The molecule has 0 amide bonds. The van der Waals surface area contributed by atoms with E-state index in [9.17, 15) is 0 Å². The molecule has 0 aliphatic heterocycles. The zero-order chi connectivity index (χ0) is 13.6. The van der Waals surface area contributed by atoms with Gasteiger partial charge in [-0.15, -0.1) is 6.58 Å². The van der Waals surface area contributed by atoms with Crippen LogP contribution >= 0.6 is 0 Å². The molecule has 0 aromatic carbocycles. The zero-order valence-corrected chi connectivity index (χ0v) is 11.4. The van der Waals surface area contributed by atoms with Crippen molar-refractivity contribution in [3.63, 3.8) is 0 Å². The predicted octanol–water partition coefficient (Wildman–Crippen LogP) is 1.22. The fourth-order valence-electron chi connectivity index (χ4n) is 1.18. The van der Waals surface area contributed by atoms with E-state index in [4.69, 9.17) is 4.52 Å². The summed E-state index contributed by atoms with van der Waals surface area (Å²) in [5, 5.41) is 10.1. The third kappa shape index (κ3) is 4.20. The Morgan fingerprint density at radius 3 is 2.67 bits per heavy atom. The maximum Gasteiger partial charge on any atom is 0.232 e. The fraction of sp³-hybridized carbons (Fsp3) is 0.583. The summed E-state index contributed by atoms with van der Waals surface area (Å²) in [6, 6.07) is 0. The topological polar surface area (TPSA) is 75.3 Å². The van der Waals surface area contributed by atoms with Crippen LogP contribution in [-0.2, 0) is 12.0 Å². The molecular formula is C12H21N5O. The van der Waals surface area contributed by atoms with Crippen LogP contribution in [0.25, 0.3) is 0 Å². The average molecular weight is 251 g/mol. The Hall–Kier alpha value is -1.85. The number of aliphatic imine (C=N–C) groups is 1. The quantitative estimate of drug-likeness (QED) is 0.478. The number of rotatable bonds is 4. The van der Waals surface area contributed by atoms with Crippen LogP contribution in [0.3, 0.4) is 0 Å². The van der Waals surface area contributed by atoms with Crippen LogP contribution in [0.1, 0.15) is 32.5 Å². The normalized spacial score (nSPS) is 12.3. The summed E-state index contributed by atoms with van der Waals surface area (Å²) in [6.45, 7) is 10.8. The molecule has 18 heavy (non-hydrogen) atoms. The van der Waals surface area contributed by atoms with Crippen LogP contribution in [0.4, 0.5) is 0 Å². The van der Waals surface area contributed by atoms with Crippen LogP contribution in [0.5, 0.6) is 0 Å². The van der Waals surface area contributed by atoms with E-state index in [0.29, 0.717) is 30.8 Å². The van der Waals surface area contributed by atoms with E-state index in [2.05, 4.69) is 32.3 Å². The van der Waals surface area contributed by atoms with Crippen molar-refractivity contribution in [2.24, 2.45) is 4.99 Å². The first-order valence-corrected chi connectivity index (χ1v) is 5.86. The largest absolute Gasteiger partial charge is 0.353 e.